The number of aliphatic carboxylic acids is 1. The number of carboxylic acid groups (broad SMARTS) is 1. The maximum Gasteiger partial charge on any atom is 0.325 e. The first-order valence-corrected chi connectivity index (χ1v) is 6.18. The van der Waals surface area contributed by atoms with E-state index >= 15 is 0 Å². The number of nitrogens with one attached hydrogen (secondary N) is 1. The Bertz CT molecular complexity index is 419. The molecule has 4 heteroatoms. The molecule has 16 heavy (non-hydrogen) atoms. The highest BCUT2D eigenvalue weighted by molar-refractivity contribution is 9.10. The second-order valence-corrected chi connectivity index (χ2v) is 5.01. The molecule has 3 nitrogen and oxygen atoms in total. The van der Waals surface area contributed by atoms with Crippen molar-refractivity contribution in [3.05, 3.63) is 33.8 Å². The minimum absolute atomic E-state index is 0.259. The van der Waals surface area contributed by atoms with Crippen LogP contribution in [-0.4, -0.2) is 17.1 Å². The fraction of sp³-hybridized carbons (Fsp3) is 0.417. The van der Waals surface area contributed by atoms with Crippen molar-refractivity contribution < 1.29 is 9.90 Å². The highest BCUT2D eigenvalue weighted by atomic mass is 79.9. The zero-order valence-electron chi connectivity index (χ0n) is 9.03. The second kappa shape index (κ2) is 4.55. The van der Waals surface area contributed by atoms with Crippen LogP contribution in [0.4, 0.5) is 0 Å². The van der Waals surface area contributed by atoms with Crippen LogP contribution in [0.25, 0.3) is 0 Å². The summed E-state index contributed by atoms with van der Waals surface area (Å²) in [6.45, 7) is 2.07. The van der Waals surface area contributed by atoms with Crippen molar-refractivity contribution in [2.24, 2.45) is 0 Å². The number of halogens is 1. The Morgan fingerprint density at radius 1 is 1.62 bits per heavy atom. The van der Waals surface area contributed by atoms with Gasteiger partial charge >= 0.3 is 5.97 Å². The number of rotatable bonds is 2. The molecule has 0 amide bonds. The Balaban J connectivity index is 2.42. The van der Waals surface area contributed by atoms with Crippen LogP contribution >= 0.6 is 15.9 Å². The Kier molecular flexibility index (Phi) is 3.30. The van der Waals surface area contributed by atoms with E-state index in [2.05, 4.69) is 28.2 Å². The molecule has 1 aromatic carbocycles. The molecule has 1 aromatic rings. The lowest BCUT2D eigenvalue weighted by Gasteiger charge is -2.30. The first kappa shape index (κ1) is 11.6. The summed E-state index contributed by atoms with van der Waals surface area (Å²) in [7, 11) is 0. The Labute approximate surface area is 103 Å². The Morgan fingerprint density at radius 3 is 3.00 bits per heavy atom. The van der Waals surface area contributed by atoms with Crippen LogP contribution in [0.1, 0.15) is 30.5 Å². The maximum absolute atomic E-state index is 11.2. The summed E-state index contributed by atoms with van der Waals surface area (Å²) in [5.74, 6) is -0.808. The summed E-state index contributed by atoms with van der Waals surface area (Å²) in [5, 5.41) is 12.4. The van der Waals surface area contributed by atoms with E-state index in [1.165, 1.54) is 0 Å². The van der Waals surface area contributed by atoms with Gasteiger partial charge in [0, 0.05) is 10.5 Å². The van der Waals surface area contributed by atoms with Gasteiger partial charge in [0.15, 0.2) is 0 Å². The number of benzene rings is 1. The normalized spacial score (nSPS) is 23.9. The van der Waals surface area contributed by atoms with Crippen molar-refractivity contribution in [3.63, 3.8) is 0 Å². The molecule has 2 unspecified atom stereocenters. The summed E-state index contributed by atoms with van der Waals surface area (Å²) < 4.78 is 0.925. The summed E-state index contributed by atoms with van der Waals surface area (Å²) in [6, 6.07) is 5.56. The molecule has 0 saturated carbocycles. The lowest BCUT2D eigenvalue weighted by atomic mass is 9.89. The van der Waals surface area contributed by atoms with Crippen LogP contribution in [0.5, 0.6) is 0 Å². The molecule has 1 aliphatic heterocycles. The molecule has 0 saturated heterocycles. The zero-order valence-corrected chi connectivity index (χ0v) is 10.6. The molecule has 86 valence electrons. The molecule has 0 aliphatic carbocycles. The fourth-order valence-electron chi connectivity index (χ4n) is 2.14. The summed E-state index contributed by atoms with van der Waals surface area (Å²) in [6.07, 6.45) is 1.85. The zero-order chi connectivity index (χ0) is 11.7. The van der Waals surface area contributed by atoms with Gasteiger partial charge in [-0.05, 0) is 36.1 Å². The van der Waals surface area contributed by atoms with Crippen molar-refractivity contribution in [2.75, 3.05) is 0 Å². The van der Waals surface area contributed by atoms with Crippen LogP contribution in [-0.2, 0) is 11.2 Å². The predicted octanol–water partition coefficient (Wildman–Crippen LogP) is 2.50. The van der Waals surface area contributed by atoms with E-state index in [9.17, 15) is 9.90 Å². The Morgan fingerprint density at radius 2 is 2.38 bits per heavy atom. The SMILES string of the molecule is CCC1Cc2ccc(Br)cc2C(C(=O)O)N1. The maximum atomic E-state index is 11.2. The predicted molar refractivity (Wildman–Crippen MR) is 65.4 cm³/mol. The lowest BCUT2D eigenvalue weighted by molar-refractivity contribution is -0.140. The van der Waals surface area contributed by atoms with Crippen molar-refractivity contribution >= 4 is 21.9 Å². The molecule has 0 fully saturated rings. The third-order valence-corrected chi connectivity index (χ3v) is 3.52. The molecular formula is C12H14BrNO2. The van der Waals surface area contributed by atoms with Gasteiger partial charge in [-0.1, -0.05) is 28.9 Å². The van der Waals surface area contributed by atoms with E-state index in [0.29, 0.717) is 0 Å². The molecule has 0 spiro atoms. The van der Waals surface area contributed by atoms with Gasteiger partial charge in [0.25, 0.3) is 0 Å². The van der Waals surface area contributed by atoms with E-state index in [1.807, 2.05) is 18.2 Å². The highest BCUT2D eigenvalue weighted by Crippen LogP contribution is 2.29. The van der Waals surface area contributed by atoms with Crippen molar-refractivity contribution in [3.8, 4) is 0 Å². The largest absolute Gasteiger partial charge is 0.480 e. The van der Waals surface area contributed by atoms with Gasteiger partial charge in [-0.3, -0.25) is 10.1 Å². The van der Waals surface area contributed by atoms with Crippen LogP contribution in [0, 0.1) is 0 Å². The van der Waals surface area contributed by atoms with E-state index < -0.39 is 12.0 Å². The van der Waals surface area contributed by atoms with Crippen LogP contribution in [0.3, 0.4) is 0 Å². The van der Waals surface area contributed by atoms with Crippen LogP contribution < -0.4 is 5.32 Å². The fourth-order valence-corrected chi connectivity index (χ4v) is 2.52. The molecule has 0 bridgehead atoms. The van der Waals surface area contributed by atoms with Gasteiger partial charge < -0.3 is 5.11 Å². The first-order chi connectivity index (χ1) is 7.61. The highest BCUT2D eigenvalue weighted by Gasteiger charge is 2.30. The summed E-state index contributed by atoms with van der Waals surface area (Å²) >= 11 is 3.38. The molecule has 2 N–H and O–H groups in total. The molecule has 2 atom stereocenters. The minimum Gasteiger partial charge on any atom is -0.480 e. The number of fused-ring (bicyclic) bond motifs is 1. The number of carbonyl (C=O) groups is 1. The van der Waals surface area contributed by atoms with Crippen LogP contribution in [0.2, 0.25) is 0 Å². The number of carboxylic acids is 1. The number of hydrogen-bond donors (Lipinski definition) is 2. The van der Waals surface area contributed by atoms with E-state index in [4.69, 9.17) is 0 Å². The molecular weight excluding hydrogens is 270 g/mol. The third-order valence-electron chi connectivity index (χ3n) is 3.03. The smallest absolute Gasteiger partial charge is 0.325 e. The lowest BCUT2D eigenvalue weighted by Crippen LogP contribution is -2.42. The van der Waals surface area contributed by atoms with Crippen molar-refractivity contribution in [1.29, 1.82) is 0 Å². The van der Waals surface area contributed by atoms with Gasteiger partial charge in [-0.25, -0.2) is 0 Å². The van der Waals surface area contributed by atoms with E-state index in [-0.39, 0.29) is 6.04 Å². The molecule has 0 aromatic heterocycles. The summed E-state index contributed by atoms with van der Waals surface area (Å²) in [5.41, 5.74) is 2.02. The monoisotopic (exact) mass is 283 g/mol. The van der Waals surface area contributed by atoms with Crippen molar-refractivity contribution in [2.45, 2.75) is 31.8 Å². The molecule has 1 aliphatic rings. The van der Waals surface area contributed by atoms with Gasteiger partial charge in [-0.15, -0.1) is 0 Å². The minimum atomic E-state index is -0.808. The topological polar surface area (TPSA) is 49.3 Å². The van der Waals surface area contributed by atoms with Gasteiger partial charge in [-0.2, -0.15) is 0 Å². The second-order valence-electron chi connectivity index (χ2n) is 4.09. The van der Waals surface area contributed by atoms with Crippen molar-refractivity contribution in [1.82, 2.24) is 5.32 Å². The Hall–Kier alpha value is -0.870. The first-order valence-electron chi connectivity index (χ1n) is 5.39. The van der Waals surface area contributed by atoms with Gasteiger partial charge in [0.1, 0.15) is 6.04 Å². The number of hydrogen-bond acceptors (Lipinski definition) is 2. The van der Waals surface area contributed by atoms with Gasteiger partial charge in [0.05, 0.1) is 0 Å². The standard InChI is InChI=1S/C12H14BrNO2/c1-2-9-5-7-3-4-8(13)6-10(7)11(14-9)12(15)16/h3-4,6,9,11,14H,2,5H2,1H3,(H,15,16). The summed E-state index contributed by atoms with van der Waals surface area (Å²) in [4.78, 5) is 11.2. The molecule has 2 rings (SSSR count). The van der Waals surface area contributed by atoms with Gasteiger partial charge in [0.2, 0.25) is 0 Å². The molecule has 0 radical (unpaired) electrons. The average Bonchev–Trinajstić information content (AvgIpc) is 2.27. The van der Waals surface area contributed by atoms with E-state index in [1.54, 1.807) is 0 Å². The van der Waals surface area contributed by atoms with Crippen LogP contribution in [0.15, 0.2) is 22.7 Å². The van der Waals surface area contributed by atoms with E-state index in [0.717, 1.165) is 28.4 Å². The third kappa shape index (κ3) is 2.13. The quantitative estimate of drug-likeness (QED) is 0.877. The average molecular weight is 284 g/mol. The molecule has 1 heterocycles.